The molecule has 0 spiro atoms. The second kappa shape index (κ2) is 7.51. The summed E-state index contributed by atoms with van der Waals surface area (Å²) in [6.07, 6.45) is 6.12. The second-order valence-corrected chi connectivity index (χ2v) is 9.60. The van der Waals surface area contributed by atoms with Crippen molar-refractivity contribution in [2.75, 3.05) is 31.4 Å². The molecule has 2 aromatic heterocycles. The van der Waals surface area contributed by atoms with Crippen molar-refractivity contribution < 1.29 is 17.9 Å². The van der Waals surface area contributed by atoms with Crippen LogP contribution in [0.5, 0.6) is 11.8 Å². The van der Waals surface area contributed by atoms with Gasteiger partial charge < -0.3 is 14.4 Å². The highest BCUT2D eigenvalue weighted by Crippen LogP contribution is 2.34. The van der Waals surface area contributed by atoms with Crippen molar-refractivity contribution >= 4 is 36.5 Å². The van der Waals surface area contributed by atoms with Crippen molar-refractivity contribution in [2.45, 2.75) is 23.8 Å². The molecule has 1 fully saturated rings. The van der Waals surface area contributed by atoms with Gasteiger partial charge in [-0.05, 0) is 25.0 Å². The smallest absolute Gasteiger partial charge is 0.316 e. The van der Waals surface area contributed by atoms with E-state index in [2.05, 4.69) is 19.9 Å². The van der Waals surface area contributed by atoms with Gasteiger partial charge in [-0.3, -0.25) is 0 Å². The Morgan fingerprint density at radius 2 is 2.04 bits per heavy atom. The van der Waals surface area contributed by atoms with Gasteiger partial charge in [-0.2, -0.15) is 9.97 Å². The summed E-state index contributed by atoms with van der Waals surface area (Å²) in [5.41, 5.74) is 0.534. The summed E-state index contributed by atoms with van der Waals surface area (Å²) in [6, 6.07) is 5.57. The Morgan fingerprint density at radius 3 is 2.75 bits per heavy atom. The molecule has 1 unspecified atom stereocenters. The first kappa shape index (κ1) is 18.9. The van der Waals surface area contributed by atoms with E-state index in [0.717, 1.165) is 29.2 Å². The quantitative estimate of drug-likeness (QED) is 0.622. The highest BCUT2D eigenvalue weighted by atomic mass is 32.2. The van der Waals surface area contributed by atoms with Crippen LogP contribution in [0.4, 0.5) is 5.13 Å². The minimum absolute atomic E-state index is 0.0662. The van der Waals surface area contributed by atoms with Crippen molar-refractivity contribution in [3.05, 3.63) is 30.6 Å². The third-order valence-corrected chi connectivity index (χ3v) is 6.74. The van der Waals surface area contributed by atoms with E-state index in [4.69, 9.17) is 9.47 Å². The van der Waals surface area contributed by atoms with Crippen LogP contribution in [0, 0.1) is 0 Å². The van der Waals surface area contributed by atoms with E-state index in [-0.39, 0.29) is 11.0 Å². The van der Waals surface area contributed by atoms with Crippen LogP contribution in [-0.4, -0.2) is 55.9 Å². The number of hydrogen-bond donors (Lipinski definition) is 0. The summed E-state index contributed by atoms with van der Waals surface area (Å²) in [5, 5.41) is 0.801. The molecule has 1 aliphatic rings. The van der Waals surface area contributed by atoms with Crippen LogP contribution in [-0.2, 0) is 9.84 Å². The maximum absolute atomic E-state index is 12.0. The number of aromatic nitrogens is 3. The molecule has 3 heterocycles. The normalized spacial score (nSPS) is 17.6. The fourth-order valence-corrected chi connectivity index (χ4v) is 5.10. The number of rotatable bonds is 5. The monoisotopic (exact) mass is 420 g/mol. The Morgan fingerprint density at radius 1 is 1.25 bits per heavy atom. The molecule has 10 heteroatoms. The molecule has 0 bridgehead atoms. The predicted molar refractivity (Wildman–Crippen MR) is 107 cm³/mol. The molecule has 1 atom stereocenters. The summed E-state index contributed by atoms with van der Waals surface area (Å²) in [6.45, 7) is 1.49. The molecule has 4 rings (SSSR count). The molecule has 1 aromatic carbocycles. The van der Waals surface area contributed by atoms with Crippen molar-refractivity contribution in [3.63, 3.8) is 0 Å². The van der Waals surface area contributed by atoms with Crippen molar-refractivity contribution in [1.29, 1.82) is 0 Å². The molecule has 0 saturated carbocycles. The SMILES string of the molecule is COc1cnc(OC2CCCN(c3nc4c(S(C)(=O)=O)cccc4s3)C2)nc1. The van der Waals surface area contributed by atoms with E-state index in [1.807, 2.05) is 6.07 Å². The number of ether oxygens (including phenoxy) is 2. The summed E-state index contributed by atoms with van der Waals surface area (Å²) < 4.78 is 35.9. The molecule has 0 N–H and O–H groups in total. The summed E-state index contributed by atoms with van der Waals surface area (Å²) >= 11 is 1.49. The van der Waals surface area contributed by atoms with Gasteiger partial charge in [0.15, 0.2) is 20.7 Å². The number of thiazole rings is 1. The molecular weight excluding hydrogens is 400 g/mol. The minimum Gasteiger partial charge on any atom is -0.494 e. The topological polar surface area (TPSA) is 94.5 Å². The fourth-order valence-electron chi connectivity index (χ4n) is 3.17. The maximum atomic E-state index is 12.0. The van der Waals surface area contributed by atoms with Crippen molar-refractivity contribution in [3.8, 4) is 11.8 Å². The van der Waals surface area contributed by atoms with Crippen molar-refractivity contribution in [1.82, 2.24) is 15.0 Å². The zero-order chi connectivity index (χ0) is 19.7. The highest BCUT2D eigenvalue weighted by Gasteiger charge is 2.25. The Balaban J connectivity index is 1.54. The average Bonchev–Trinajstić information content (AvgIpc) is 3.12. The third-order valence-electron chi connectivity index (χ3n) is 4.53. The zero-order valence-electron chi connectivity index (χ0n) is 15.5. The molecule has 1 saturated heterocycles. The molecular formula is C18H20N4O4S2. The molecule has 8 nitrogen and oxygen atoms in total. The minimum atomic E-state index is -3.33. The Kier molecular flexibility index (Phi) is 5.07. The molecule has 0 amide bonds. The number of sulfone groups is 1. The number of benzene rings is 1. The van der Waals surface area contributed by atoms with E-state index in [1.165, 1.54) is 17.6 Å². The van der Waals surface area contributed by atoms with Gasteiger partial charge in [-0.15, -0.1) is 0 Å². The standard InChI is InChI=1S/C18H20N4O4S2/c1-25-13-9-19-17(20-10-13)26-12-5-4-8-22(11-12)18-21-16-14(27-18)6-3-7-15(16)28(2,23)24/h3,6-7,9-10,12H,4-5,8,11H2,1-2H3. The van der Waals surface area contributed by atoms with Crippen LogP contribution >= 0.6 is 11.3 Å². The van der Waals surface area contributed by atoms with Gasteiger partial charge in [0.1, 0.15) is 11.6 Å². The molecule has 0 radical (unpaired) electrons. The van der Waals surface area contributed by atoms with Gasteiger partial charge in [0.05, 0.1) is 35.6 Å². The Labute approximate surface area is 167 Å². The van der Waals surface area contributed by atoms with Crippen LogP contribution in [0.25, 0.3) is 10.2 Å². The van der Waals surface area contributed by atoms with Crippen LogP contribution < -0.4 is 14.4 Å². The lowest BCUT2D eigenvalue weighted by Gasteiger charge is -2.32. The largest absolute Gasteiger partial charge is 0.494 e. The van der Waals surface area contributed by atoms with Gasteiger partial charge in [0, 0.05) is 12.8 Å². The number of para-hydroxylation sites is 1. The van der Waals surface area contributed by atoms with Gasteiger partial charge in [0.25, 0.3) is 0 Å². The number of anilines is 1. The number of methoxy groups -OCH3 is 1. The first-order valence-corrected chi connectivity index (χ1v) is 11.5. The van der Waals surface area contributed by atoms with E-state index in [9.17, 15) is 8.42 Å². The van der Waals surface area contributed by atoms with E-state index in [1.54, 1.807) is 31.6 Å². The number of piperidine rings is 1. The second-order valence-electron chi connectivity index (χ2n) is 6.61. The zero-order valence-corrected chi connectivity index (χ0v) is 17.2. The fraction of sp³-hybridized carbons (Fsp3) is 0.389. The summed E-state index contributed by atoms with van der Waals surface area (Å²) in [4.78, 5) is 15.3. The van der Waals surface area contributed by atoms with Crippen LogP contribution in [0.2, 0.25) is 0 Å². The number of nitrogens with zero attached hydrogens (tertiary/aromatic N) is 4. The van der Waals surface area contributed by atoms with Gasteiger partial charge in [0.2, 0.25) is 0 Å². The summed E-state index contributed by atoms with van der Waals surface area (Å²) in [7, 11) is -1.77. The van der Waals surface area contributed by atoms with E-state index >= 15 is 0 Å². The van der Waals surface area contributed by atoms with E-state index in [0.29, 0.717) is 23.8 Å². The summed E-state index contributed by atoms with van der Waals surface area (Å²) in [5.74, 6) is 0.578. The Hall–Kier alpha value is -2.46. The highest BCUT2D eigenvalue weighted by molar-refractivity contribution is 7.91. The van der Waals surface area contributed by atoms with Gasteiger partial charge in [-0.25, -0.2) is 13.4 Å². The molecule has 28 heavy (non-hydrogen) atoms. The molecule has 148 valence electrons. The van der Waals surface area contributed by atoms with Crippen LogP contribution in [0.15, 0.2) is 35.5 Å². The number of hydrogen-bond acceptors (Lipinski definition) is 9. The van der Waals surface area contributed by atoms with Gasteiger partial charge >= 0.3 is 6.01 Å². The number of fused-ring (bicyclic) bond motifs is 1. The van der Waals surface area contributed by atoms with E-state index < -0.39 is 9.84 Å². The first-order valence-electron chi connectivity index (χ1n) is 8.81. The lowest BCUT2D eigenvalue weighted by molar-refractivity contribution is 0.164. The lowest BCUT2D eigenvalue weighted by atomic mass is 10.1. The lowest BCUT2D eigenvalue weighted by Crippen LogP contribution is -2.41. The first-order chi connectivity index (χ1) is 13.4. The van der Waals surface area contributed by atoms with Crippen LogP contribution in [0.3, 0.4) is 0 Å². The molecule has 0 aliphatic carbocycles. The molecule has 3 aromatic rings. The predicted octanol–water partition coefficient (Wildman–Crippen LogP) is 2.55. The van der Waals surface area contributed by atoms with Crippen molar-refractivity contribution in [2.24, 2.45) is 0 Å². The molecule has 1 aliphatic heterocycles. The van der Waals surface area contributed by atoms with Crippen LogP contribution in [0.1, 0.15) is 12.8 Å². The maximum Gasteiger partial charge on any atom is 0.316 e. The average molecular weight is 421 g/mol. The van der Waals surface area contributed by atoms with Gasteiger partial charge in [-0.1, -0.05) is 17.4 Å². The Bertz CT molecular complexity index is 1080. The third kappa shape index (κ3) is 3.88.